The Kier molecular flexibility index (Phi) is 4.70. The lowest BCUT2D eigenvalue weighted by atomic mass is 10.1. The molecule has 0 aliphatic heterocycles. The fourth-order valence-corrected chi connectivity index (χ4v) is 1.24. The molecule has 0 aliphatic rings. The number of aromatic nitrogens is 1. The number of alkyl halides is 3. The summed E-state index contributed by atoms with van der Waals surface area (Å²) in [5.41, 5.74) is -0.501. The second kappa shape index (κ2) is 5.81. The van der Waals surface area contributed by atoms with Crippen molar-refractivity contribution in [1.82, 2.24) is 10.3 Å². The largest absolute Gasteiger partial charge is 0.416 e. The molecule has 3 nitrogen and oxygen atoms in total. The van der Waals surface area contributed by atoms with Crippen LogP contribution in [0, 0.1) is 0 Å². The minimum Gasteiger partial charge on any atom is -0.383 e. The highest BCUT2D eigenvalue weighted by Gasteiger charge is 2.32. The van der Waals surface area contributed by atoms with Crippen molar-refractivity contribution < 1.29 is 17.9 Å². The molecule has 16 heavy (non-hydrogen) atoms. The molecule has 0 radical (unpaired) electrons. The molecular formula is C10H13F3N2O. The van der Waals surface area contributed by atoms with E-state index in [1.165, 1.54) is 13.3 Å². The van der Waals surface area contributed by atoms with Crippen molar-refractivity contribution in [2.24, 2.45) is 0 Å². The molecule has 0 saturated carbocycles. The number of halogens is 3. The molecule has 0 saturated heterocycles. The minimum absolute atomic E-state index is 0.131. The monoisotopic (exact) mass is 234 g/mol. The summed E-state index contributed by atoms with van der Waals surface area (Å²) in [6, 6.07) is 0.979. The molecule has 0 aliphatic carbocycles. The van der Waals surface area contributed by atoms with Gasteiger partial charge in [-0.15, -0.1) is 0 Å². The average molecular weight is 234 g/mol. The van der Waals surface area contributed by atoms with Crippen molar-refractivity contribution in [2.45, 2.75) is 12.7 Å². The van der Waals surface area contributed by atoms with Crippen molar-refractivity contribution in [3.8, 4) is 0 Å². The van der Waals surface area contributed by atoms with Crippen LogP contribution in [-0.2, 0) is 17.5 Å². The molecule has 0 aromatic carbocycles. The molecule has 1 heterocycles. The fraction of sp³-hybridized carbons (Fsp3) is 0.500. The molecule has 1 rings (SSSR count). The lowest BCUT2D eigenvalue weighted by molar-refractivity contribution is -0.138. The second-order valence-corrected chi connectivity index (χ2v) is 3.20. The van der Waals surface area contributed by atoms with Gasteiger partial charge in [0.05, 0.1) is 12.2 Å². The third kappa shape index (κ3) is 3.79. The van der Waals surface area contributed by atoms with Crippen molar-refractivity contribution >= 4 is 0 Å². The van der Waals surface area contributed by atoms with E-state index in [1.54, 1.807) is 0 Å². The van der Waals surface area contributed by atoms with Gasteiger partial charge in [0, 0.05) is 32.6 Å². The zero-order chi connectivity index (χ0) is 12.0. The first-order chi connectivity index (χ1) is 7.55. The molecule has 0 bridgehead atoms. The smallest absolute Gasteiger partial charge is 0.383 e. The van der Waals surface area contributed by atoms with E-state index in [1.807, 2.05) is 0 Å². The van der Waals surface area contributed by atoms with Crippen LogP contribution in [0.15, 0.2) is 18.5 Å². The summed E-state index contributed by atoms with van der Waals surface area (Å²) in [7, 11) is 1.53. The first kappa shape index (κ1) is 12.9. The third-order valence-electron chi connectivity index (χ3n) is 2.01. The van der Waals surface area contributed by atoms with Crippen LogP contribution in [0.1, 0.15) is 11.1 Å². The molecule has 0 amide bonds. The Morgan fingerprint density at radius 3 is 2.81 bits per heavy atom. The topological polar surface area (TPSA) is 34.1 Å². The number of ether oxygens (including phenoxy) is 1. The van der Waals surface area contributed by atoms with Gasteiger partial charge in [-0.25, -0.2) is 0 Å². The maximum absolute atomic E-state index is 12.5. The van der Waals surface area contributed by atoms with Crippen molar-refractivity contribution in [1.29, 1.82) is 0 Å². The van der Waals surface area contributed by atoms with Crippen LogP contribution in [0.25, 0.3) is 0 Å². The molecule has 1 aromatic rings. The lowest BCUT2D eigenvalue weighted by Crippen LogP contribution is -2.21. The molecule has 0 spiro atoms. The maximum atomic E-state index is 12.5. The van der Waals surface area contributed by atoms with Gasteiger partial charge in [0.15, 0.2) is 0 Å². The molecule has 0 atom stereocenters. The number of pyridine rings is 1. The molecule has 6 heteroatoms. The molecule has 90 valence electrons. The summed E-state index contributed by atoms with van der Waals surface area (Å²) in [6.07, 6.45) is -1.97. The standard InChI is InChI=1S/C10H13F3N2O/c1-16-5-4-15-7-8-6-14-3-2-9(8)10(11,12)13/h2-3,6,15H,4-5,7H2,1H3. The fourth-order valence-electron chi connectivity index (χ4n) is 1.24. The van der Waals surface area contributed by atoms with E-state index in [2.05, 4.69) is 10.3 Å². The molecular weight excluding hydrogens is 221 g/mol. The van der Waals surface area contributed by atoms with Crippen molar-refractivity contribution in [3.63, 3.8) is 0 Å². The van der Waals surface area contributed by atoms with Crippen molar-refractivity contribution in [2.75, 3.05) is 20.3 Å². The van der Waals surface area contributed by atoms with E-state index in [-0.39, 0.29) is 12.1 Å². The van der Waals surface area contributed by atoms with Crippen LogP contribution in [-0.4, -0.2) is 25.2 Å². The first-order valence-corrected chi connectivity index (χ1v) is 4.75. The van der Waals surface area contributed by atoms with Crippen LogP contribution in [0.2, 0.25) is 0 Å². The van der Waals surface area contributed by atoms with Crippen LogP contribution in [0.3, 0.4) is 0 Å². The molecule has 0 fully saturated rings. The van der Waals surface area contributed by atoms with E-state index >= 15 is 0 Å². The molecule has 1 N–H and O–H groups in total. The van der Waals surface area contributed by atoms with Gasteiger partial charge in [-0.05, 0) is 11.6 Å². The molecule has 0 unspecified atom stereocenters. The Balaban J connectivity index is 2.65. The zero-order valence-corrected chi connectivity index (χ0v) is 8.84. The van der Waals surface area contributed by atoms with Gasteiger partial charge in [0.2, 0.25) is 0 Å². The summed E-state index contributed by atoms with van der Waals surface area (Å²) in [6.45, 7) is 1.09. The number of hydrogen-bond acceptors (Lipinski definition) is 3. The van der Waals surface area contributed by atoms with Gasteiger partial charge in [-0.2, -0.15) is 13.2 Å². The van der Waals surface area contributed by atoms with E-state index in [9.17, 15) is 13.2 Å². The van der Waals surface area contributed by atoms with Gasteiger partial charge >= 0.3 is 6.18 Å². The number of methoxy groups -OCH3 is 1. The maximum Gasteiger partial charge on any atom is 0.416 e. The van der Waals surface area contributed by atoms with E-state index in [0.29, 0.717) is 13.2 Å². The normalized spacial score (nSPS) is 11.8. The van der Waals surface area contributed by atoms with Crippen LogP contribution in [0.5, 0.6) is 0 Å². The van der Waals surface area contributed by atoms with Gasteiger partial charge < -0.3 is 10.1 Å². The highest BCUT2D eigenvalue weighted by molar-refractivity contribution is 5.25. The molecule has 1 aromatic heterocycles. The van der Waals surface area contributed by atoms with Crippen LogP contribution >= 0.6 is 0 Å². The summed E-state index contributed by atoms with van der Waals surface area (Å²) >= 11 is 0. The predicted octanol–water partition coefficient (Wildman–Crippen LogP) is 1.84. The number of hydrogen-bond donors (Lipinski definition) is 1. The van der Waals surface area contributed by atoms with Gasteiger partial charge in [0.1, 0.15) is 0 Å². The van der Waals surface area contributed by atoms with Crippen LogP contribution in [0.4, 0.5) is 13.2 Å². The third-order valence-corrected chi connectivity index (χ3v) is 2.01. The second-order valence-electron chi connectivity index (χ2n) is 3.20. The Labute approximate surface area is 91.6 Å². The van der Waals surface area contributed by atoms with E-state index in [0.717, 1.165) is 12.3 Å². The van der Waals surface area contributed by atoms with Gasteiger partial charge in [0.25, 0.3) is 0 Å². The van der Waals surface area contributed by atoms with Gasteiger partial charge in [-0.1, -0.05) is 0 Å². The van der Waals surface area contributed by atoms with E-state index in [4.69, 9.17) is 4.74 Å². The number of nitrogens with zero attached hydrogens (tertiary/aromatic N) is 1. The number of nitrogens with one attached hydrogen (secondary N) is 1. The Morgan fingerprint density at radius 1 is 1.44 bits per heavy atom. The minimum atomic E-state index is -4.33. The zero-order valence-electron chi connectivity index (χ0n) is 8.84. The summed E-state index contributed by atoms with van der Waals surface area (Å²) in [5, 5.41) is 2.85. The van der Waals surface area contributed by atoms with E-state index < -0.39 is 11.7 Å². The summed E-state index contributed by atoms with van der Waals surface area (Å²) < 4.78 is 42.4. The Hall–Kier alpha value is -1.14. The Morgan fingerprint density at radius 2 is 2.19 bits per heavy atom. The number of rotatable bonds is 5. The summed E-state index contributed by atoms with van der Waals surface area (Å²) in [5.74, 6) is 0. The average Bonchev–Trinajstić information content (AvgIpc) is 2.24. The van der Waals surface area contributed by atoms with Gasteiger partial charge in [-0.3, -0.25) is 4.98 Å². The first-order valence-electron chi connectivity index (χ1n) is 4.75. The quantitative estimate of drug-likeness (QED) is 0.789. The Bertz CT molecular complexity index is 328. The lowest BCUT2D eigenvalue weighted by Gasteiger charge is -2.12. The van der Waals surface area contributed by atoms with Crippen molar-refractivity contribution in [3.05, 3.63) is 29.6 Å². The summed E-state index contributed by atoms with van der Waals surface area (Å²) in [4.78, 5) is 3.69. The highest BCUT2D eigenvalue weighted by Crippen LogP contribution is 2.31. The highest BCUT2D eigenvalue weighted by atomic mass is 19.4. The van der Waals surface area contributed by atoms with Crippen LogP contribution < -0.4 is 5.32 Å². The SMILES string of the molecule is COCCNCc1cnccc1C(F)(F)F. The predicted molar refractivity (Wildman–Crippen MR) is 52.8 cm³/mol.